The maximum atomic E-state index is 12.9. The highest BCUT2D eigenvalue weighted by Crippen LogP contribution is 2.31. The summed E-state index contributed by atoms with van der Waals surface area (Å²) in [4.78, 5) is 17.3. The Balaban J connectivity index is 2.42. The third-order valence-electron chi connectivity index (χ3n) is 2.25. The lowest BCUT2D eigenvalue weighted by Gasteiger charge is -2.07. The first kappa shape index (κ1) is 13.2. The Morgan fingerprint density at radius 2 is 2.21 bits per heavy atom. The quantitative estimate of drug-likeness (QED) is 0.491. The average molecular weight is 284 g/mol. The summed E-state index contributed by atoms with van der Waals surface area (Å²) in [6.45, 7) is 1.60. The van der Waals surface area contributed by atoms with E-state index in [1.54, 1.807) is 6.92 Å². The van der Waals surface area contributed by atoms with Crippen LogP contribution in [0.15, 0.2) is 24.4 Å². The standard InChI is InChI=1S/C11H7ClFN3O3/c1-6-4-7(13)2-3-9(6)19-10-8(16(17)18)5-14-11(12)15-10/h2-5H,1H3. The normalized spacial score (nSPS) is 10.3. The van der Waals surface area contributed by atoms with E-state index in [1.807, 2.05) is 0 Å². The Labute approximate surface area is 112 Å². The summed E-state index contributed by atoms with van der Waals surface area (Å²) in [5, 5.41) is 10.6. The second-order valence-electron chi connectivity index (χ2n) is 3.60. The van der Waals surface area contributed by atoms with Gasteiger partial charge in [-0.25, -0.2) is 9.37 Å². The van der Waals surface area contributed by atoms with Gasteiger partial charge in [0, 0.05) is 0 Å². The molecule has 0 aliphatic heterocycles. The van der Waals surface area contributed by atoms with E-state index in [9.17, 15) is 14.5 Å². The van der Waals surface area contributed by atoms with Crippen LogP contribution in [0.1, 0.15) is 5.56 Å². The topological polar surface area (TPSA) is 78.2 Å². The van der Waals surface area contributed by atoms with Gasteiger partial charge in [0.25, 0.3) is 0 Å². The molecule has 0 amide bonds. The van der Waals surface area contributed by atoms with Crippen LogP contribution in [0.5, 0.6) is 11.6 Å². The lowest BCUT2D eigenvalue weighted by Crippen LogP contribution is -1.98. The molecule has 0 spiro atoms. The average Bonchev–Trinajstić information content (AvgIpc) is 2.32. The molecule has 0 unspecified atom stereocenters. The molecule has 0 N–H and O–H groups in total. The van der Waals surface area contributed by atoms with Gasteiger partial charge in [-0.3, -0.25) is 10.1 Å². The van der Waals surface area contributed by atoms with E-state index in [0.717, 1.165) is 6.20 Å². The Kier molecular flexibility index (Phi) is 3.57. The van der Waals surface area contributed by atoms with Crippen LogP contribution in [0.3, 0.4) is 0 Å². The number of hydrogen-bond acceptors (Lipinski definition) is 5. The molecule has 2 aromatic rings. The zero-order valence-electron chi connectivity index (χ0n) is 9.63. The molecule has 0 bridgehead atoms. The maximum Gasteiger partial charge on any atom is 0.349 e. The van der Waals surface area contributed by atoms with Crippen molar-refractivity contribution in [2.75, 3.05) is 0 Å². The number of hydrogen-bond donors (Lipinski definition) is 0. The Bertz CT molecular complexity index is 651. The minimum absolute atomic E-state index is 0.180. The third kappa shape index (κ3) is 2.94. The summed E-state index contributed by atoms with van der Waals surface area (Å²) in [5.41, 5.74) is 0.0529. The summed E-state index contributed by atoms with van der Waals surface area (Å²) in [6, 6.07) is 3.77. The smallest absolute Gasteiger partial charge is 0.349 e. The molecular formula is C11H7ClFN3O3. The molecule has 1 heterocycles. The van der Waals surface area contributed by atoms with Gasteiger partial charge in [0.05, 0.1) is 4.92 Å². The number of aromatic nitrogens is 2. The predicted molar refractivity (Wildman–Crippen MR) is 64.9 cm³/mol. The lowest BCUT2D eigenvalue weighted by molar-refractivity contribution is -0.386. The van der Waals surface area contributed by atoms with Gasteiger partial charge in [-0.05, 0) is 42.3 Å². The summed E-state index contributed by atoms with van der Waals surface area (Å²) in [5.74, 6) is -0.473. The second-order valence-corrected chi connectivity index (χ2v) is 3.94. The Hall–Kier alpha value is -2.28. The van der Waals surface area contributed by atoms with Crippen molar-refractivity contribution in [1.82, 2.24) is 9.97 Å². The molecule has 98 valence electrons. The van der Waals surface area contributed by atoms with Crippen LogP contribution >= 0.6 is 11.6 Å². The highest BCUT2D eigenvalue weighted by Gasteiger charge is 2.20. The van der Waals surface area contributed by atoms with Crippen LogP contribution in [0, 0.1) is 22.9 Å². The van der Waals surface area contributed by atoms with Crippen LogP contribution in [-0.2, 0) is 0 Å². The van der Waals surface area contributed by atoms with Crippen molar-refractivity contribution < 1.29 is 14.1 Å². The Morgan fingerprint density at radius 1 is 1.47 bits per heavy atom. The molecule has 19 heavy (non-hydrogen) atoms. The minimum Gasteiger partial charge on any atom is -0.433 e. The molecule has 0 saturated heterocycles. The predicted octanol–water partition coefficient (Wildman–Crippen LogP) is 3.28. The third-order valence-corrected chi connectivity index (χ3v) is 2.43. The molecule has 1 aromatic carbocycles. The molecule has 0 saturated carbocycles. The van der Waals surface area contributed by atoms with Crippen LogP contribution in [0.2, 0.25) is 5.28 Å². The SMILES string of the molecule is Cc1cc(F)ccc1Oc1nc(Cl)ncc1[N+](=O)[O-]. The first-order valence-corrected chi connectivity index (χ1v) is 5.46. The van der Waals surface area contributed by atoms with Crippen molar-refractivity contribution >= 4 is 17.3 Å². The van der Waals surface area contributed by atoms with E-state index in [0.29, 0.717) is 5.56 Å². The van der Waals surface area contributed by atoms with Crippen LogP contribution in [0.4, 0.5) is 10.1 Å². The van der Waals surface area contributed by atoms with Gasteiger partial charge < -0.3 is 4.74 Å². The zero-order chi connectivity index (χ0) is 14.0. The summed E-state index contributed by atoms with van der Waals surface area (Å²) in [6.07, 6.45) is 0.948. The van der Waals surface area contributed by atoms with Gasteiger partial charge in [0.2, 0.25) is 5.28 Å². The van der Waals surface area contributed by atoms with E-state index in [4.69, 9.17) is 16.3 Å². The van der Waals surface area contributed by atoms with Gasteiger partial charge in [-0.1, -0.05) is 0 Å². The largest absolute Gasteiger partial charge is 0.433 e. The van der Waals surface area contributed by atoms with E-state index in [2.05, 4.69) is 9.97 Å². The molecule has 2 rings (SSSR count). The minimum atomic E-state index is -0.690. The van der Waals surface area contributed by atoms with Crippen molar-refractivity contribution in [2.24, 2.45) is 0 Å². The van der Waals surface area contributed by atoms with E-state index >= 15 is 0 Å². The number of nitro groups is 1. The van der Waals surface area contributed by atoms with E-state index < -0.39 is 16.4 Å². The van der Waals surface area contributed by atoms with Crippen LogP contribution < -0.4 is 4.74 Å². The van der Waals surface area contributed by atoms with Crippen molar-refractivity contribution in [1.29, 1.82) is 0 Å². The molecule has 0 aliphatic rings. The highest BCUT2D eigenvalue weighted by molar-refractivity contribution is 6.28. The number of rotatable bonds is 3. The molecule has 0 fully saturated rings. The summed E-state index contributed by atoms with van der Waals surface area (Å²) < 4.78 is 18.2. The monoisotopic (exact) mass is 283 g/mol. The molecule has 8 heteroatoms. The van der Waals surface area contributed by atoms with Crippen molar-refractivity contribution in [3.63, 3.8) is 0 Å². The highest BCUT2D eigenvalue weighted by atomic mass is 35.5. The fraction of sp³-hybridized carbons (Fsp3) is 0.0909. The fourth-order valence-electron chi connectivity index (χ4n) is 1.37. The van der Waals surface area contributed by atoms with E-state index in [1.165, 1.54) is 18.2 Å². The fourth-order valence-corrected chi connectivity index (χ4v) is 1.50. The second kappa shape index (κ2) is 5.15. The number of ether oxygens (including phenoxy) is 1. The summed E-state index contributed by atoms with van der Waals surface area (Å²) >= 11 is 5.57. The lowest BCUT2D eigenvalue weighted by atomic mass is 10.2. The van der Waals surface area contributed by atoms with Gasteiger partial charge in [-0.2, -0.15) is 4.98 Å². The van der Waals surface area contributed by atoms with Gasteiger partial charge in [-0.15, -0.1) is 0 Å². The van der Waals surface area contributed by atoms with E-state index in [-0.39, 0.29) is 16.9 Å². The zero-order valence-corrected chi connectivity index (χ0v) is 10.4. The number of nitrogens with zero attached hydrogens (tertiary/aromatic N) is 3. The number of aryl methyl sites for hydroxylation is 1. The summed E-state index contributed by atoms with van der Waals surface area (Å²) in [7, 11) is 0. The first-order chi connectivity index (χ1) is 8.97. The van der Waals surface area contributed by atoms with Crippen molar-refractivity contribution in [3.05, 3.63) is 51.2 Å². The molecule has 6 nitrogen and oxygen atoms in total. The Morgan fingerprint density at radius 3 is 2.84 bits per heavy atom. The maximum absolute atomic E-state index is 12.9. The number of benzene rings is 1. The molecule has 0 aliphatic carbocycles. The molecule has 0 atom stereocenters. The van der Waals surface area contributed by atoms with Gasteiger partial charge in [0.1, 0.15) is 17.8 Å². The van der Waals surface area contributed by atoms with Crippen molar-refractivity contribution in [3.8, 4) is 11.6 Å². The molecule has 1 aromatic heterocycles. The van der Waals surface area contributed by atoms with Crippen molar-refractivity contribution in [2.45, 2.75) is 6.92 Å². The first-order valence-electron chi connectivity index (χ1n) is 5.08. The van der Waals surface area contributed by atoms with Gasteiger partial charge >= 0.3 is 11.6 Å². The molecular weight excluding hydrogens is 277 g/mol. The molecule has 0 radical (unpaired) electrons. The van der Waals surface area contributed by atoms with Crippen LogP contribution in [-0.4, -0.2) is 14.9 Å². The number of halogens is 2. The van der Waals surface area contributed by atoms with Crippen LogP contribution in [0.25, 0.3) is 0 Å². The van der Waals surface area contributed by atoms with Gasteiger partial charge in [0.15, 0.2) is 0 Å².